The third-order valence-corrected chi connectivity index (χ3v) is 0. The third kappa shape index (κ3) is 30.5. The van der Waals surface area contributed by atoms with E-state index in [0.717, 1.165) is 4.69 Å². The molecule has 2 radical (unpaired) electrons. The van der Waals surface area contributed by atoms with Crippen LogP contribution in [0.2, 0.25) is 0 Å². The maximum absolute atomic E-state index is 8.88. The van der Waals surface area contributed by atoms with Crippen LogP contribution in [-0.2, 0) is 7.39 Å². The summed E-state index contributed by atoms with van der Waals surface area (Å²) >= 11 is 0.593. The van der Waals surface area contributed by atoms with Crippen LogP contribution < -0.4 is 0 Å². The third-order valence-electron chi connectivity index (χ3n) is 0. The van der Waals surface area contributed by atoms with E-state index in [4.69, 9.17) is 7.39 Å². The summed E-state index contributed by atoms with van der Waals surface area (Å²) < 4.78 is 18.2. The van der Waals surface area contributed by atoms with E-state index >= 15 is 0 Å². The normalized spacial score (nSPS) is 2.60. The van der Waals surface area contributed by atoms with Crippen LogP contribution in [0.15, 0.2) is 0 Å². The minimum absolute atomic E-state index is 0.0556. The summed E-state index contributed by atoms with van der Waals surface area (Å²) in [4.78, 5) is 0. The molecule has 0 bridgehead atoms. The molecule has 2 nitrogen and oxygen atoms in total. The zero-order valence-corrected chi connectivity index (χ0v) is 10.8. The predicted molar refractivity (Wildman–Crippen MR) is 21.4 cm³/mol. The van der Waals surface area contributed by atoms with Crippen molar-refractivity contribution in [2.45, 2.75) is 0 Å². The molecule has 0 atom stereocenters. The molecule has 0 aliphatic carbocycles. The van der Waals surface area contributed by atoms with Gasteiger partial charge in [-0.3, -0.25) is 0 Å². The van der Waals surface area contributed by atoms with Gasteiger partial charge in [0.05, 0.1) is 0 Å². The average molecular weight is 461 g/mol. The maximum atomic E-state index is 8.88. The van der Waals surface area contributed by atoms with E-state index in [1.54, 1.807) is 0 Å². The van der Waals surface area contributed by atoms with Crippen LogP contribution in [0.4, 0.5) is 0 Å². The second-order valence-corrected chi connectivity index (χ2v) is 1.19. The van der Waals surface area contributed by atoms with E-state index in [2.05, 4.69) is 0 Å². The quantitative estimate of drug-likeness (QED) is 0.395. The molecule has 0 aliphatic heterocycles. The van der Waals surface area contributed by atoms with Gasteiger partial charge >= 0.3 is 62.3 Å². The van der Waals surface area contributed by atoms with Gasteiger partial charge in [-0.2, -0.15) is 0 Å². The molecule has 5 heavy (non-hydrogen) atoms. The molecule has 0 N–H and O–H groups in total. The molecule has 0 aromatic rings. The summed E-state index contributed by atoms with van der Waals surface area (Å²) in [5.74, 6) is 0. The van der Waals surface area contributed by atoms with Gasteiger partial charge < -0.3 is 0 Å². The summed E-state index contributed by atoms with van der Waals surface area (Å²) in [6.45, 7) is 0. The molecule has 5 heteroatoms. The number of hydrogen-bond donors (Lipinski definition) is 0. The topological polar surface area (TPSA) is 34.1 Å². The van der Waals surface area contributed by atoms with E-state index in [0.29, 0.717) is 24.5 Å². The first-order chi connectivity index (χ1) is 2.41. The Balaban J connectivity index is 0. The summed E-state index contributed by atoms with van der Waals surface area (Å²) in [6, 6.07) is 0. The van der Waals surface area contributed by atoms with Gasteiger partial charge in [0.25, 0.3) is 0 Å². The van der Waals surface area contributed by atoms with E-state index in [1.165, 1.54) is 0 Å². The standard InChI is InChI=1S/BO.Bi.O.Pb.2H/c1-2;;;;;/q+1;-1;;;;. The molecule has 0 amide bonds. The molecule has 0 aliphatic rings. The summed E-state index contributed by atoms with van der Waals surface area (Å²) in [6.07, 6.45) is 0. The second kappa shape index (κ2) is 17.9. The Kier molecular flexibility index (Phi) is 34.7. The van der Waals surface area contributed by atoms with Gasteiger partial charge in [0.15, 0.2) is 0 Å². The predicted octanol–water partition coefficient (Wildman–Crippen LogP) is -1.92. The van der Waals surface area contributed by atoms with Crippen LogP contribution in [0.3, 0.4) is 0 Å². The minimum atomic E-state index is 0.0556. The molecule has 0 spiro atoms. The SMILES string of the molecule is O=[B][BiH2].[O]=[Pb]. The van der Waals surface area contributed by atoms with Crippen molar-refractivity contribution in [2.75, 3.05) is 0 Å². The Bertz CT molecular complexity index is 23.6. The second-order valence-electron chi connectivity index (χ2n) is 0.136. The van der Waals surface area contributed by atoms with Crippen LogP contribution >= 0.6 is 0 Å². The molecule has 0 saturated heterocycles. The van der Waals surface area contributed by atoms with E-state index in [1.807, 2.05) is 0 Å². The fraction of sp³-hybridized carbons (Fsp3) is 0. The summed E-state index contributed by atoms with van der Waals surface area (Å²) in [7, 11) is 0. The van der Waals surface area contributed by atoms with Crippen molar-refractivity contribution in [2.24, 2.45) is 0 Å². The zero-order chi connectivity index (χ0) is 4.71. The van der Waals surface area contributed by atoms with E-state index in [9.17, 15) is 0 Å². The molecule has 0 aromatic carbocycles. The molecule has 0 rings (SSSR count). The molecule has 0 fully saturated rings. The zero-order valence-electron chi connectivity index (χ0n) is 2.47. The Hall–Kier alpha value is 1.47. The Labute approximate surface area is 61.7 Å². The molecule has 0 heterocycles. The Morgan fingerprint density at radius 1 is 1.60 bits per heavy atom. The van der Waals surface area contributed by atoms with Gasteiger partial charge in [0, 0.05) is 0 Å². The molecule has 26 valence electrons. The van der Waals surface area contributed by atoms with Gasteiger partial charge in [-0.1, -0.05) is 0 Å². The van der Waals surface area contributed by atoms with E-state index < -0.39 is 0 Å². The first-order valence-corrected chi connectivity index (χ1v) is 4.95. The van der Waals surface area contributed by atoms with E-state index in [-0.39, 0.29) is 25.8 Å². The molecule has 0 unspecified atom stereocenters. The van der Waals surface area contributed by atoms with Crippen molar-refractivity contribution in [3.05, 3.63) is 0 Å². The van der Waals surface area contributed by atoms with Gasteiger partial charge in [-0.25, -0.2) is 0 Å². The van der Waals surface area contributed by atoms with Crippen LogP contribution in [0.1, 0.15) is 0 Å². The van der Waals surface area contributed by atoms with Gasteiger partial charge in [0.2, 0.25) is 0 Å². The van der Waals surface area contributed by atoms with Crippen LogP contribution in [-0.4, -0.2) is 55.0 Å². The fourth-order valence-electron chi connectivity index (χ4n) is 0. The number of hydrogen-bond acceptors (Lipinski definition) is 2. The van der Waals surface area contributed by atoms with Crippen molar-refractivity contribution in [3.63, 3.8) is 0 Å². The first-order valence-electron chi connectivity index (χ1n) is 0.773. The molecule has 0 aromatic heterocycles. The van der Waals surface area contributed by atoms with Crippen LogP contribution in [0.5, 0.6) is 0 Å². The van der Waals surface area contributed by atoms with Gasteiger partial charge in [0.1, 0.15) is 0 Å². The molecule has 0 saturated carbocycles. The monoisotopic (exact) mass is 462 g/mol. The van der Waals surface area contributed by atoms with Crippen LogP contribution in [0.25, 0.3) is 0 Å². The average Bonchev–Trinajstić information content (AvgIpc) is 1.46. The van der Waals surface area contributed by atoms with Crippen molar-refractivity contribution in [3.8, 4) is 0 Å². The Morgan fingerprint density at radius 2 is 1.60 bits per heavy atom. The number of rotatable bonds is 0. The van der Waals surface area contributed by atoms with Gasteiger partial charge in [-0.15, -0.1) is 0 Å². The van der Waals surface area contributed by atoms with Crippen molar-refractivity contribution in [1.29, 1.82) is 0 Å². The summed E-state index contributed by atoms with van der Waals surface area (Å²) in [5.41, 5.74) is 0. The molecular weight excluding hydrogens is 459 g/mol. The fourth-order valence-corrected chi connectivity index (χ4v) is 0. The van der Waals surface area contributed by atoms with Crippen molar-refractivity contribution in [1.82, 2.24) is 0 Å². The molecular formula is H2BBiO2Pb. The summed E-state index contributed by atoms with van der Waals surface area (Å²) in [5, 5.41) is 0. The first kappa shape index (κ1) is 9.69. The Morgan fingerprint density at radius 3 is 1.60 bits per heavy atom. The van der Waals surface area contributed by atoms with Crippen molar-refractivity contribution >= 4 is 55.0 Å². The van der Waals surface area contributed by atoms with Crippen LogP contribution in [0, 0.1) is 0 Å². The van der Waals surface area contributed by atoms with Gasteiger partial charge in [-0.05, 0) is 0 Å². The van der Waals surface area contributed by atoms with Crippen molar-refractivity contribution < 1.29 is 7.39 Å².